The van der Waals surface area contributed by atoms with E-state index in [4.69, 9.17) is 0 Å². The summed E-state index contributed by atoms with van der Waals surface area (Å²) in [4.78, 5) is 8.41. The van der Waals surface area contributed by atoms with Crippen molar-refractivity contribution >= 4 is 0 Å². The predicted octanol–water partition coefficient (Wildman–Crippen LogP) is 2.96. The highest BCUT2D eigenvalue weighted by Crippen LogP contribution is 2.27. The summed E-state index contributed by atoms with van der Waals surface area (Å²) >= 11 is 0. The molecule has 1 unspecified atom stereocenters. The molecule has 0 saturated carbocycles. The number of rotatable bonds is 3. The minimum absolute atomic E-state index is 0.138. The lowest BCUT2D eigenvalue weighted by Crippen LogP contribution is -2.18. The fourth-order valence-electron chi connectivity index (χ4n) is 2.43. The van der Waals surface area contributed by atoms with E-state index < -0.39 is 12.6 Å². The third kappa shape index (κ3) is 3.89. The number of aryl methyl sites for hydroxylation is 2. The lowest BCUT2D eigenvalue weighted by Gasteiger charge is -2.16. The van der Waals surface area contributed by atoms with Crippen LogP contribution in [0.3, 0.4) is 0 Å². The molecule has 0 spiro atoms. The van der Waals surface area contributed by atoms with Crippen LogP contribution in [0.4, 0.5) is 13.2 Å². The van der Waals surface area contributed by atoms with Crippen LogP contribution in [-0.4, -0.2) is 23.2 Å². The molecule has 1 aromatic heterocycles. The number of nitrogens with one attached hydrogen (secondary N) is 1. The summed E-state index contributed by atoms with van der Waals surface area (Å²) in [6.45, 7) is 0. The first-order chi connectivity index (χ1) is 8.99. The molecular weight excluding hydrogens is 255 g/mol. The quantitative estimate of drug-likeness (QED) is 0.860. The number of nitrogens with zero attached hydrogens (tertiary/aromatic N) is 2. The van der Waals surface area contributed by atoms with E-state index in [9.17, 15) is 13.2 Å². The molecule has 0 radical (unpaired) electrons. The maximum absolute atomic E-state index is 12.2. The van der Waals surface area contributed by atoms with Crippen LogP contribution in [0.15, 0.2) is 6.20 Å². The monoisotopic (exact) mass is 273 g/mol. The molecule has 0 amide bonds. The second-order valence-electron chi connectivity index (χ2n) is 4.89. The molecule has 0 aromatic carbocycles. The van der Waals surface area contributed by atoms with Crippen LogP contribution in [0.1, 0.15) is 48.8 Å². The molecule has 0 aliphatic heterocycles. The summed E-state index contributed by atoms with van der Waals surface area (Å²) in [6.07, 6.45) is 0.525. The van der Waals surface area contributed by atoms with Gasteiger partial charge in [-0.15, -0.1) is 0 Å². The van der Waals surface area contributed by atoms with Gasteiger partial charge >= 0.3 is 6.18 Å². The fourth-order valence-corrected chi connectivity index (χ4v) is 2.43. The molecule has 19 heavy (non-hydrogen) atoms. The van der Waals surface area contributed by atoms with Gasteiger partial charge in [0.05, 0.1) is 6.42 Å². The van der Waals surface area contributed by atoms with Crippen molar-refractivity contribution in [2.75, 3.05) is 7.05 Å². The van der Waals surface area contributed by atoms with Gasteiger partial charge in [-0.3, -0.25) is 0 Å². The topological polar surface area (TPSA) is 37.8 Å². The van der Waals surface area contributed by atoms with Crippen molar-refractivity contribution in [1.82, 2.24) is 15.3 Å². The van der Waals surface area contributed by atoms with Gasteiger partial charge in [-0.05, 0) is 26.3 Å². The Morgan fingerprint density at radius 1 is 1.37 bits per heavy atom. The van der Waals surface area contributed by atoms with Crippen molar-refractivity contribution in [3.05, 3.63) is 23.3 Å². The van der Waals surface area contributed by atoms with Gasteiger partial charge in [0.15, 0.2) is 0 Å². The Hall–Kier alpha value is -1.17. The lowest BCUT2D eigenvalue weighted by molar-refractivity contribution is -0.134. The Morgan fingerprint density at radius 3 is 2.84 bits per heavy atom. The first-order valence-corrected chi connectivity index (χ1v) is 6.58. The number of hydrogen-bond donors (Lipinski definition) is 1. The van der Waals surface area contributed by atoms with Crippen LogP contribution in [0, 0.1) is 0 Å². The maximum atomic E-state index is 12.2. The molecule has 3 nitrogen and oxygen atoms in total. The highest BCUT2D eigenvalue weighted by Gasteiger charge is 2.27. The maximum Gasteiger partial charge on any atom is 0.389 e. The standard InChI is InChI=1S/C13H18F3N3/c1-17-10-4-2-3-5-11-9(10)8-18-12(19-11)6-7-13(14,15)16/h8,10,17H,2-7H2,1H3. The third-order valence-corrected chi connectivity index (χ3v) is 3.46. The molecule has 1 N–H and O–H groups in total. The highest BCUT2D eigenvalue weighted by molar-refractivity contribution is 5.23. The molecule has 0 saturated heterocycles. The average molecular weight is 273 g/mol. The Morgan fingerprint density at radius 2 is 2.16 bits per heavy atom. The van der Waals surface area contributed by atoms with Crippen molar-refractivity contribution in [2.45, 2.75) is 50.7 Å². The minimum Gasteiger partial charge on any atom is -0.313 e. The Bertz CT molecular complexity index is 432. The van der Waals surface area contributed by atoms with Gasteiger partial charge in [-0.25, -0.2) is 9.97 Å². The Kier molecular flexibility index (Phi) is 4.39. The van der Waals surface area contributed by atoms with E-state index in [1.54, 1.807) is 6.20 Å². The smallest absolute Gasteiger partial charge is 0.313 e. The average Bonchev–Trinajstić information content (AvgIpc) is 2.56. The summed E-state index contributed by atoms with van der Waals surface area (Å²) in [5.41, 5.74) is 1.94. The molecule has 1 heterocycles. The fraction of sp³-hybridized carbons (Fsp3) is 0.692. The van der Waals surface area contributed by atoms with E-state index in [1.807, 2.05) is 7.05 Å². The van der Waals surface area contributed by atoms with E-state index in [-0.39, 0.29) is 12.5 Å². The number of alkyl halides is 3. The van der Waals surface area contributed by atoms with Crippen molar-refractivity contribution in [3.8, 4) is 0 Å². The highest BCUT2D eigenvalue weighted by atomic mass is 19.4. The third-order valence-electron chi connectivity index (χ3n) is 3.46. The van der Waals surface area contributed by atoms with Crippen molar-refractivity contribution < 1.29 is 13.2 Å². The van der Waals surface area contributed by atoms with Gasteiger partial charge in [-0.1, -0.05) is 6.42 Å². The molecule has 6 heteroatoms. The zero-order valence-corrected chi connectivity index (χ0v) is 10.9. The molecule has 0 bridgehead atoms. The summed E-state index contributed by atoms with van der Waals surface area (Å²) in [7, 11) is 1.89. The zero-order chi connectivity index (χ0) is 13.9. The van der Waals surface area contributed by atoms with Gasteiger partial charge in [0.1, 0.15) is 5.82 Å². The van der Waals surface area contributed by atoms with Crippen LogP contribution in [0.5, 0.6) is 0 Å². The van der Waals surface area contributed by atoms with E-state index >= 15 is 0 Å². The van der Waals surface area contributed by atoms with Crippen LogP contribution in [0.2, 0.25) is 0 Å². The summed E-state index contributed by atoms with van der Waals surface area (Å²) in [6, 6.07) is 0.217. The SMILES string of the molecule is CNC1CCCCc2nc(CCC(F)(F)F)ncc21. The van der Waals surface area contributed by atoms with E-state index in [2.05, 4.69) is 15.3 Å². The van der Waals surface area contributed by atoms with E-state index in [0.29, 0.717) is 5.82 Å². The van der Waals surface area contributed by atoms with Crippen LogP contribution < -0.4 is 5.32 Å². The number of aromatic nitrogens is 2. The summed E-state index contributed by atoms with van der Waals surface area (Å²) in [5.74, 6) is 0.299. The Labute approximate surface area is 110 Å². The lowest BCUT2D eigenvalue weighted by atomic mass is 10.1. The zero-order valence-electron chi connectivity index (χ0n) is 10.9. The van der Waals surface area contributed by atoms with Crippen molar-refractivity contribution in [1.29, 1.82) is 0 Å². The molecular formula is C13H18F3N3. The van der Waals surface area contributed by atoms with Gasteiger partial charge in [0.25, 0.3) is 0 Å². The van der Waals surface area contributed by atoms with E-state index in [0.717, 1.165) is 36.9 Å². The van der Waals surface area contributed by atoms with Gasteiger partial charge in [0.2, 0.25) is 0 Å². The predicted molar refractivity (Wildman–Crippen MR) is 65.8 cm³/mol. The van der Waals surface area contributed by atoms with Gasteiger partial charge in [0, 0.05) is 29.9 Å². The molecule has 1 aromatic rings. The first kappa shape index (κ1) is 14.2. The number of halogens is 3. The van der Waals surface area contributed by atoms with Crippen LogP contribution >= 0.6 is 0 Å². The Balaban J connectivity index is 2.15. The largest absolute Gasteiger partial charge is 0.389 e. The van der Waals surface area contributed by atoms with Crippen LogP contribution in [0.25, 0.3) is 0 Å². The molecule has 0 fully saturated rings. The van der Waals surface area contributed by atoms with Gasteiger partial charge < -0.3 is 5.32 Å². The molecule has 1 atom stereocenters. The molecule has 1 aliphatic carbocycles. The minimum atomic E-state index is -4.15. The van der Waals surface area contributed by atoms with Crippen molar-refractivity contribution in [3.63, 3.8) is 0 Å². The molecule has 1 aliphatic rings. The van der Waals surface area contributed by atoms with Gasteiger partial charge in [-0.2, -0.15) is 13.2 Å². The first-order valence-electron chi connectivity index (χ1n) is 6.58. The second kappa shape index (κ2) is 5.86. The molecule has 106 valence electrons. The van der Waals surface area contributed by atoms with Crippen LogP contribution in [-0.2, 0) is 12.8 Å². The number of fused-ring (bicyclic) bond motifs is 1. The molecule has 2 rings (SSSR count). The summed E-state index contributed by atoms with van der Waals surface area (Å²) < 4.78 is 36.6. The normalized spacial score (nSPS) is 19.9. The summed E-state index contributed by atoms with van der Waals surface area (Å²) in [5, 5.41) is 3.22. The van der Waals surface area contributed by atoms with E-state index in [1.165, 1.54) is 0 Å². The van der Waals surface area contributed by atoms with Crippen molar-refractivity contribution in [2.24, 2.45) is 0 Å². The second-order valence-corrected chi connectivity index (χ2v) is 4.89. The number of hydrogen-bond acceptors (Lipinski definition) is 3.